The lowest BCUT2D eigenvalue weighted by Gasteiger charge is -2.40. The molecule has 1 aliphatic heterocycles. The smallest absolute Gasteiger partial charge is 0.309 e. The summed E-state index contributed by atoms with van der Waals surface area (Å²) in [7, 11) is 3.54. The second kappa shape index (κ2) is 5.37. The van der Waals surface area contributed by atoms with Gasteiger partial charge in [0.15, 0.2) is 0 Å². The van der Waals surface area contributed by atoms with Gasteiger partial charge in [0.25, 0.3) is 0 Å². The second-order valence-corrected chi connectivity index (χ2v) is 6.23. The van der Waals surface area contributed by atoms with Crippen LogP contribution in [-0.2, 0) is 9.53 Å². The van der Waals surface area contributed by atoms with Crippen molar-refractivity contribution >= 4 is 23.4 Å². The van der Waals surface area contributed by atoms with Crippen LogP contribution in [0.4, 0.5) is 5.69 Å². The van der Waals surface area contributed by atoms with Crippen molar-refractivity contribution in [2.45, 2.75) is 22.6 Å². The molecule has 0 spiro atoms. The lowest BCUT2D eigenvalue weighted by molar-refractivity contribution is -0.139. The molecule has 2 aliphatic rings. The van der Waals surface area contributed by atoms with Crippen molar-refractivity contribution in [3.8, 4) is 0 Å². The van der Waals surface area contributed by atoms with Crippen molar-refractivity contribution < 1.29 is 9.53 Å². The Balaban J connectivity index is 1.87. The molecule has 0 saturated carbocycles. The summed E-state index contributed by atoms with van der Waals surface area (Å²) in [6.45, 7) is 0. The van der Waals surface area contributed by atoms with Crippen molar-refractivity contribution in [3.63, 3.8) is 0 Å². The van der Waals surface area contributed by atoms with E-state index in [1.165, 1.54) is 17.7 Å². The van der Waals surface area contributed by atoms with Gasteiger partial charge in [-0.3, -0.25) is 4.79 Å². The van der Waals surface area contributed by atoms with E-state index < -0.39 is 0 Å². The van der Waals surface area contributed by atoms with Crippen molar-refractivity contribution in [2.24, 2.45) is 0 Å². The number of hydrogen-bond donors (Lipinski definition) is 0. The van der Waals surface area contributed by atoms with Gasteiger partial charge in [0, 0.05) is 11.9 Å². The summed E-state index contributed by atoms with van der Waals surface area (Å²) in [6, 6.07) is 8.73. The standard InChI is InChI=1S/C16H17NO2S/c1-17-12-5-3-4-6-14(12)20-15-8-7-11(9-13(15)17)10-16(18)19-2/h3-9,13,15H,10H2,1-2H3/t13-,15+/m0/s1. The fourth-order valence-electron chi connectivity index (χ4n) is 2.66. The minimum Gasteiger partial charge on any atom is -0.469 e. The number of carbonyl (C=O) groups is 1. The molecule has 0 fully saturated rings. The Morgan fingerprint density at radius 3 is 3.00 bits per heavy atom. The molecule has 4 heteroatoms. The Bertz CT molecular complexity index is 594. The lowest BCUT2D eigenvalue weighted by Crippen LogP contribution is -2.42. The van der Waals surface area contributed by atoms with Gasteiger partial charge in [-0.2, -0.15) is 0 Å². The summed E-state index contributed by atoms with van der Waals surface area (Å²) in [5, 5.41) is 0.399. The van der Waals surface area contributed by atoms with Crippen LogP contribution < -0.4 is 4.90 Å². The molecule has 2 atom stereocenters. The highest BCUT2D eigenvalue weighted by molar-refractivity contribution is 8.00. The third kappa shape index (κ3) is 2.36. The molecule has 0 unspecified atom stereocenters. The van der Waals surface area contributed by atoms with Crippen LogP contribution in [0.25, 0.3) is 0 Å². The van der Waals surface area contributed by atoms with E-state index in [-0.39, 0.29) is 5.97 Å². The molecule has 0 aromatic heterocycles. The predicted molar refractivity (Wildman–Crippen MR) is 82.1 cm³/mol. The molecule has 1 aromatic carbocycles. The minimum absolute atomic E-state index is 0.189. The number of nitrogens with zero attached hydrogens (tertiary/aromatic N) is 1. The van der Waals surface area contributed by atoms with E-state index in [0.717, 1.165) is 5.57 Å². The number of fused-ring (bicyclic) bond motifs is 2. The van der Waals surface area contributed by atoms with Crippen molar-refractivity contribution in [1.29, 1.82) is 0 Å². The zero-order valence-corrected chi connectivity index (χ0v) is 12.4. The van der Waals surface area contributed by atoms with Gasteiger partial charge in [0.2, 0.25) is 0 Å². The molecule has 1 heterocycles. The molecular weight excluding hydrogens is 270 g/mol. The number of methoxy groups -OCH3 is 1. The van der Waals surface area contributed by atoms with Gasteiger partial charge in [-0.15, -0.1) is 11.8 Å². The lowest BCUT2D eigenvalue weighted by atomic mass is 9.98. The summed E-state index contributed by atoms with van der Waals surface area (Å²) in [6.07, 6.45) is 6.77. The van der Waals surface area contributed by atoms with E-state index in [2.05, 4.69) is 48.4 Å². The molecule has 3 nitrogen and oxygen atoms in total. The van der Waals surface area contributed by atoms with Crippen LogP contribution in [0.15, 0.2) is 53.0 Å². The fraction of sp³-hybridized carbons (Fsp3) is 0.312. The first-order chi connectivity index (χ1) is 9.69. The number of para-hydroxylation sites is 1. The summed E-state index contributed by atoms with van der Waals surface area (Å²) < 4.78 is 4.74. The maximum absolute atomic E-state index is 11.4. The molecule has 0 saturated heterocycles. The zero-order valence-electron chi connectivity index (χ0n) is 11.6. The van der Waals surface area contributed by atoms with E-state index in [1.54, 1.807) is 0 Å². The number of hydrogen-bond acceptors (Lipinski definition) is 4. The van der Waals surface area contributed by atoms with Crippen molar-refractivity contribution in [1.82, 2.24) is 0 Å². The number of esters is 1. The molecule has 104 valence electrons. The van der Waals surface area contributed by atoms with Crippen LogP contribution in [0, 0.1) is 0 Å². The van der Waals surface area contributed by atoms with E-state index in [4.69, 9.17) is 4.74 Å². The summed E-state index contributed by atoms with van der Waals surface area (Å²) in [5.74, 6) is -0.189. The van der Waals surface area contributed by atoms with Gasteiger partial charge >= 0.3 is 5.97 Å². The highest BCUT2D eigenvalue weighted by Gasteiger charge is 2.32. The molecule has 0 N–H and O–H groups in total. The monoisotopic (exact) mass is 287 g/mol. The Hall–Kier alpha value is -1.68. The first-order valence-electron chi connectivity index (χ1n) is 6.63. The molecule has 1 aliphatic carbocycles. The van der Waals surface area contributed by atoms with Gasteiger partial charge in [0.05, 0.1) is 30.5 Å². The number of carbonyl (C=O) groups excluding carboxylic acids is 1. The van der Waals surface area contributed by atoms with Crippen molar-refractivity contribution in [2.75, 3.05) is 19.1 Å². The third-order valence-corrected chi connectivity index (χ3v) is 5.06. The number of anilines is 1. The van der Waals surface area contributed by atoms with Gasteiger partial charge < -0.3 is 9.64 Å². The normalized spacial score (nSPS) is 23.7. The number of benzene rings is 1. The Kier molecular flexibility index (Phi) is 3.57. The maximum Gasteiger partial charge on any atom is 0.309 e. The van der Waals surface area contributed by atoms with Gasteiger partial charge in [-0.05, 0) is 17.7 Å². The number of likely N-dealkylation sites (N-methyl/N-ethyl adjacent to an activating group) is 1. The Labute approximate surface area is 123 Å². The zero-order chi connectivity index (χ0) is 14.1. The number of thioether (sulfide) groups is 1. The molecule has 3 rings (SSSR count). The molecule has 20 heavy (non-hydrogen) atoms. The van der Waals surface area contributed by atoms with E-state index in [1.807, 2.05) is 17.8 Å². The quantitative estimate of drug-likeness (QED) is 0.782. The fourth-order valence-corrected chi connectivity index (χ4v) is 4.00. The first-order valence-corrected chi connectivity index (χ1v) is 7.51. The highest BCUT2D eigenvalue weighted by Crippen LogP contribution is 2.43. The van der Waals surface area contributed by atoms with E-state index >= 15 is 0 Å². The SMILES string of the molecule is COC(=O)CC1=C[C@H]2[C@@H](C=C1)Sc1ccccc1N2C. The molecular formula is C16H17NO2S. The largest absolute Gasteiger partial charge is 0.469 e. The Morgan fingerprint density at radius 2 is 2.20 bits per heavy atom. The average molecular weight is 287 g/mol. The molecule has 1 aromatic rings. The van der Waals surface area contributed by atoms with E-state index in [0.29, 0.717) is 17.7 Å². The number of allylic oxidation sites excluding steroid dienone is 1. The highest BCUT2D eigenvalue weighted by atomic mass is 32.2. The van der Waals surface area contributed by atoms with Crippen LogP contribution >= 0.6 is 11.8 Å². The predicted octanol–water partition coefficient (Wildman–Crippen LogP) is 3.03. The first kappa shape index (κ1) is 13.3. The van der Waals surface area contributed by atoms with Crippen LogP contribution in [-0.4, -0.2) is 31.4 Å². The van der Waals surface area contributed by atoms with E-state index in [9.17, 15) is 4.79 Å². The van der Waals surface area contributed by atoms with Crippen LogP contribution in [0.5, 0.6) is 0 Å². The summed E-state index contributed by atoms with van der Waals surface area (Å²) >= 11 is 1.88. The van der Waals surface area contributed by atoms with Crippen LogP contribution in [0.3, 0.4) is 0 Å². The molecule has 0 radical (unpaired) electrons. The van der Waals surface area contributed by atoms with Crippen LogP contribution in [0.1, 0.15) is 6.42 Å². The molecule has 0 amide bonds. The number of ether oxygens (including phenoxy) is 1. The maximum atomic E-state index is 11.4. The van der Waals surface area contributed by atoms with Gasteiger partial charge in [-0.1, -0.05) is 30.4 Å². The average Bonchev–Trinajstić information content (AvgIpc) is 2.48. The minimum atomic E-state index is -0.189. The second-order valence-electron chi connectivity index (χ2n) is 5.01. The topological polar surface area (TPSA) is 29.5 Å². The van der Waals surface area contributed by atoms with Gasteiger partial charge in [0.1, 0.15) is 0 Å². The third-order valence-electron chi connectivity index (χ3n) is 3.75. The summed E-state index contributed by atoms with van der Waals surface area (Å²) in [4.78, 5) is 15.0. The number of rotatable bonds is 2. The van der Waals surface area contributed by atoms with Gasteiger partial charge in [-0.25, -0.2) is 0 Å². The van der Waals surface area contributed by atoms with Crippen LogP contribution in [0.2, 0.25) is 0 Å². The van der Waals surface area contributed by atoms with Crippen molar-refractivity contribution in [3.05, 3.63) is 48.1 Å². The Morgan fingerprint density at radius 1 is 1.40 bits per heavy atom. The summed E-state index contributed by atoms with van der Waals surface area (Å²) in [5.41, 5.74) is 2.28. The molecule has 0 bridgehead atoms.